The molecule has 1 amide bonds. The molecule has 2 rings (SSSR count). The second-order valence-electron chi connectivity index (χ2n) is 7.41. The van der Waals surface area contributed by atoms with Gasteiger partial charge in [-0.25, -0.2) is 0 Å². The van der Waals surface area contributed by atoms with Gasteiger partial charge in [-0.1, -0.05) is 25.5 Å². The number of hydrogen-bond donors (Lipinski definition) is 3. The van der Waals surface area contributed by atoms with Crippen molar-refractivity contribution in [3.05, 3.63) is 29.8 Å². The van der Waals surface area contributed by atoms with Crippen LogP contribution in [0.1, 0.15) is 52.0 Å². The molecule has 0 radical (unpaired) electrons. The van der Waals surface area contributed by atoms with Gasteiger partial charge in [0.25, 0.3) is 0 Å². The normalized spacial score (nSPS) is 17.3. The van der Waals surface area contributed by atoms with E-state index in [4.69, 9.17) is 4.99 Å². The van der Waals surface area contributed by atoms with Crippen molar-refractivity contribution < 1.29 is 4.79 Å². The first-order chi connectivity index (χ1) is 13.6. The molecule has 1 aromatic carbocycles. The van der Waals surface area contributed by atoms with Crippen LogP contribution in [0.15, 0.2) is 29.3 Å². The lowest BCUT2D eigenvalue weighted by atomic mass is 10.0. The average Bonchev–Trinajstić information content (AvgIpc) is 2.69. The lowest BCUT2D eigenvalue weighted by Gasteiger charge is -2.34. The van der Waals surface area contributed by atoms with Gasteiger partial charge in [-0.15, -0.1) is 24.0 Å². The summed E-state index contributed by atoms with van der Waals surface area (Å²) in [7, 11) is 0. The number of likely N-dealkylation sites (tertiary alicyclic amines) is 1. The van der Waals surface area contributed by atoms with Crippen molar-refractivity contribution in [2.24, 2.45) is 4.99 Å². The predicted molar refractivity (Wildman–Crippen MR) is 133 cm³/mol. The Morgan fingerprint density at radius 1 is 1.17 bits per heavy atom. The zero-order valence-electron chi connectivity index (χ0n) is 18.2. The van der Waals surface area contributed by atoms with Crippen LogP contribution in [0.25, 0.3) is 0 Å². The van der Waals surface area contributed by atoms with Crippen LogP contribution in [0, 0.1) is 0 Å². The minimum absolute atomic E-state index is 0. The van der Waals surface area contributed by atoms with Crippen molar-refractivity contribution in [3.8, 4) is 0 Å². The molecular weight excluding hydrogens is 477 g/mol. The Morgan fingerprint density at radius 2 is 1.93 bits per heavy atom. The second kappa shape index (κ2) is 14.6. The third-order valence-corrected chi connectivity index (χ3v) is 5.20. The smallest absolute Gasteiger partial charge is 0.221 e. The number of piperidine rings is 1. The highest BCUT2D eigenvalue weighted by molar-refractivity contribution is 14.0. The van der Waals surface area contributed by atoms with Gasteiger partial charge in [-0.05, 0) is 56.8 Å². The summed E-state index contributed by atoms with van der Waals surface area (Å²) >= 11 is 0. The van der Waals surface area contributed by atoms with Gasteiger partial charge in [0.15, 0.2) is 5.96 Å². The summed E-state index contributed by atoms with van der Waals surface area (Å²) in [6, 6.07) is 8.73. The second-order valence-corrected chi connectivity index (χ2v) is 7.41. The van der Waals surface area contributed by atoms with E-state index in [9.17, 15) is 4.79 Å². The van der Waals surface area contributed by atoms with Crippen LogP contribution in [0.2, 0.25) is 0 Å². The van der Waals surface area contributed by atoms with E-state index in [1.807, 2.05) is 12.1 Å². The first kappa shape index (κ1) is 25.7. The van der Waals surface area contributed by atoms with Crippen molar-refractivity contribution in [3.63, 3.8) is 0 Å². The molecule has 1 unspecified atom stereocenters. The fraction of sp³-hybridized carbons (Fsp3) is 0.636. The molecule has 1 atom stereocenters. The molecule has 0 aliphatic carbocycles. The Kier molecular flexibility index (Phi) is 12.9. The number of nitrogens with one attached hydrogen (secondary N) is 3. The lowest BCUT2D eigenvalue weighted by Crippen LogP contribution is -2.42. The van der Waals surface area contributed by atoms with Crippen LogP contribution >= 0.6 is 24.0 Å². The molecule has 1 aromatic rings. The number of carbonyl (C=O) groups excluding carboxylic acids is 1. The van der Waals surface area contributed by atoms with Gasteiger partial charge in [0, 0.05) is 38.3 Å². The third-order valence-electron chi connectivity index (χ3n) is 5.20. The summed E-state index contributed by atoms with van der Waals surface area (Å²) in [6.45, 7) is 10.7. The minimum Gasteiger partial charge on any atom is -0.357 e. The summed E-state index contributed by atoms with van der Waals surface area (Å²) in [5.41, 5.74) is 2.07. The molecule has 1 fully saturated rings. The lowest BCUT2D eigenvalue weighted by molar-refractivity contribution is -0.114. The fourth-order valence-corrected chi connectivity index (χ4v) is 3.73. The van der Waals surface area contributed by atoms with Crippen LogP contribution in [-0.2, 0) is 11.2 Å². The van der Waals surface area contributed by atoms with E-state index in [1.165, 1.54) is 44.7 Å². The molecular formula is C22H38IN5O. The number of guanidine groups is 1. The summed E-state index contributed by atoms with van der Waals surface area (Å²) < 4.78 is 0. The van der Waals surface area contributed by atoms with Gasteiger partial charge in [-0.3, -0.25) is 14.7 Å². The quantitative estimate of drug-likeness (QED) is 0.267. The Labute approximate surface area is 193 Å². The maximum Gasteiger partial charge on any atom is 0.221 e. The highest BCUT2D eigenvalue weighted by Gasteiger charge is 2.19. The average molecular weight is 515 g/mol. The zero-order valence-corrected chi connectivity index (χ0v) is 20.5. The Hall–Kier alpha value is -1.35. The van der Waals surface area contributed by atoms with E-state index in [0.717, 1.165) is 50.3 Å². The maximum atomic E-state index is 11.1. The third kappa shape index (κ3) is 9.80. The Morgan fingerprint density at radius 3 is 2.59 bits per heavy atom. The van der Waals surface area contributed by atoms with Crippen LogP contribution in [0.3, 0.4) is 0 Å². The number of amides is 1. The highest BCUT2D eigenvalue weighted by atomic mass is 127. The number of aliphatic imine (C=N–C) groups is 1. The molecule has 0 spiro atoms. The molecule has 0 bridgehead atoms. The summed E-state index contributed by atoms with van der Waals surface area (Å²) in [6.07, 6.45) is 6.17. The van der Waals surface area contributed by atoms with Gasteiger partial charge in [0.1, 0.15) is 0 Å². The maximum absolute atomic E-state index is 11.1. The van der Waals surface area contributed by atoms with Crippen molar-refractivity contribution in [1.82, 2.24) is 15.5 Å². The number of hydrogen-bond acceptors (Lipinski definition) is 3. The number of anilines is 1. The van der Waals surface area contributed by atoms with Crippen molar-refractivity contribution >= 4 is 41.5 Å². The van der Waals surface area contributed by atoms with Gasteiger partial charge in [-0.2, -0.15) is 0 Å². The van der Waals surface area contributed by atoms with Crippen LogP contribution in [0.5, 0.6) is 0 Å². The van der Waals surface area contributed by atoms with E-state index in [-0.39, 0.29) is 29.9 Å². The molecule has 0 aromatic heterocycles. The number of benzene rings is 1. The molecule has 1 heterocycles. The predicted octanol–water partition coefficient (Wildman–Crippen LogP) is 3.63. The molecule has 1 aliphatic heterocycles. The van der Waals surface area contributed by atoms with E-state index in [1.54, 1.807) is 0 Å². The first-order valence-electron chi connectivity index (χ1n) is 10.7. The van der Waals surface area contributed by atoms with Crippen molar-refractivity contribution in [1.29, 1.82) is 0 Å². The van der Waals surface area contributed by atoms with Crippen LogP contribution < -0.4 is 16.0 Å². The summed E-state index contributed by atoms with van der Waals surface area (Å²) in [5, 5.41) is 9.56. The van der Waals surface area contributed by atoms with Gasteiger partial charge in [0.05, 0.1) is 6.54 Å². The van der Waals surface area contributed by atoms with E-state index in [0.29, 0.717) is 0 Å². The molecule has 3 N–H and O–H groups in total. The number of halogens is 1. The topological polar surface area (TPSA) is 68.8 Å². The molecule has 164 valence electrons. The number of rotatable bonds is 9. The molecule has 1 saturated heterocycles. The zero-order chi connectivity index (χ0) is 20.2. The molecule has 0 saturated carbocycles. The van der Waals surface area contributed by atoms with Crippen molar-refractivity contribution in [2.75, 3.05) is 38.0 Å². The number of carbonyl (C=O) groups is 1. The van der Waals surface area contributed by atoms with Gasteiger partial charge < -0.3 is 16.0 Å². The van der Waals surface area contributed by atoms with E-state index >= 15 is 0 Å². The number of nitrogens with zero attached hydrogens (tertiary/aromatic N) is 2. The highest BCUT2D eigenvalue weighted by Crippen LogP contribution is 2.18. The fourth-order valence-electron chi connectivity index (χ4n) is 3.73. The standard InChI is InChI=1S/C22H37N5O.HI/c1-4-21-8-6-7-16-27(21)17-15-25-22(23-5-2)24-14-13-19-9-11-20(12-10-19)26-18(3)28;/h9-12,21H,4-8,13-17H2,1-3H3,(H,26,28)(H2,23,24,25);1H. The summed E-state index contributed by atoms with van der Waals surface area (Å²) in [4.78, 5) is 18.4. The SMILES string of the molecule is CCNC(=NCCN1CCCCC1CC)NCCc1ccc(NC(C)=O)cc1.I. The summed E-state index contributed by atoms with van der Waals surface area (Å²) in [5.74, 6) is 0.846. The largest absolute Gasteiger partial charge is 0.357 e. The van der Waals surface area contributed by atoms with E-state index < -0.39 is 0 Å². The van der Waals surface area contributed by atoms with Crippen molar-refractivity contribution in [2.45, 2.75) is 58.9 Å². The molecule has 7 heteroatoms. The molecule has 1 aliphatic rings. The minimum atomic E-state index is -0.0456. The van der Waals surface area contributed by atoms with Crippen LogP contribution in [0.4, 0.5) is 5.69 Å². The molecule has 29 heavy (non-hydrogen) atoms. The monoisotopic (exact) mass is 515 g/mol. The Balaban J connectivity index is 0.00000420. The first-order valence-corrected chi connectivity index (χ1v) is 10.7. The Bertz CT molecular complexity index is 620. The van der Waals surface area contributed by atoms with E-state index in [2.05, 4.69) is 46.8 Å². The van der Waals surface area contributed by atoms with Crippen LogP contribution in [-0.4, -0.2) is 55.5 Å². The van der Waals surface area contributed by atoms with Gasteiger partial charge >= 0.3 is 0 Å². The van der Waals surface area contributed by atoms with Gasteiger partial charge in [0.2, 0.25) is 5.91 Å². The molecule has 6 nitrogen and oxygen atoms in total.